The van der Waals surface area contributed by atoms with Gasteiger partial charge in [0.25, 0.3) is 0 Å². The standard InChI is InChI=1S/C21H20N3/c1-16-6-9-18(10-7-16)21-19(15-23-12-4-3-5-13-23)24-14-17(2)8-11-20(24)22-21/h3-14H,15H2,1-2H3/q+1. The minimum absolute atomic E-state index is 0.786. The second-order valence-electron chi connectivity index (χ2n) is 6.26. The van der Waals surface area contributed by atoms with Gasteiger partial charge < -0.3 is 0 Å². The molecule has 0 spiro atoms. The Balaban J connectivity index is 1.91. The lowest BCUT2D eigenvalue weighted by Gasteiger charge is -2.04. The molecular formula is C21H20N3+. The summed E-state index contributed by atoms with van der Waals surface area (Å²) in [5, 5.41) is 0. The van der Waals surface area contributed by atoms with Crippen LogP contribution in [-0.2, 0) is 6.54 Å². The third kappa shape index (κ3) is 2.69. The quantitative estimate of drug-likeness (QED) is 0.525. The van der Waals surface area contributed by atoms with Crippen molar-refractivity contribution in [2.24, 2.45) is 0 Å². The summed E-state index contributed by atoms with van der Waals surface area (Å²) in [6, 6.07) is 18.9. The Morgan fingerprint density at radius 2 is 1.58 bits per heavy atom. The number of pyridine rings is 2. The summed E-state index contributed by atoms with van der Waals surface area (Å²) in [5.74, 6) is 0. The first-order chi connectivity index (χ1) is 11.7. The van der Waals surface area contributed by atoms with Crippen LogP contribution in [0.15, 0.2) is 73.2 Å². The summed E-state index contributed by atoms with van der Waals surface area (Å²) in [7, 11) is 0. The van der Waals surface area contributed by atoms with Crippen molar-refractivity contribution in [1.82, 2.24) is 9.38 Å². The van der Waals surface area contributed by atoms with E-state index in [-0.39, 0.29) is 0 Å². The lowest BCUT2D eigenvalue weighted by atomic mass is 10.1. The molecular weight excluding hydrogens is 294 g/mol. The van der Waals surface area contributed by atoms with Crippen LogP contribution in [0, 0.1) is 13.8 Å². The maximum absolute atomic E-state index is 4.90. The summed E-state index contributed by atoms with van der Waals surface area (Å²) in [4.78, 5) is 4.90. The first-order valence-electron chi connectivity index (χ1n) is 8.19. The molecule has 0 fully saturated rings. The van der Waals surface area contributed by atoms with Crippen molar-refractivity contribution in [2.45, 2.75) is 20.4 Å². The molecule has 1 aromatic carbocycles. The lowest BCUT2D eigenvalue weighted by molar-refractivity contribution is -0.688. The second kappa shape index (κ2) is 5.93. The van der Waals surface area contributed by atoms with Crippen LogP contribution in [0.3, 0.4) is 0 Å². The summed E-state index contributed by atoms with van der Waals surface area (Å²) in [5.41, 5.74) is 6.90. The summed E-state index contributed by atoms with van der Waals surface area (Å²) < 4.78 is 4.40. The van der Waals surface area contributed by atoms with Gasteiger partial charge in [-0.2, -0.15) is 4.57 Å². The SMILES string of the molecule is Cc1ccc(-c2nc3ccc(C)cn3c2C[n+]2ccccc2)cc1. The molecule has 0 saturated carbocycles. The van der Waals surface area contributed by atoms with Crippen molar-refractivity contribution in [3.05, 3.63) is 90.0 Å². The van der Waals surface area contributed by atoms with Crippen LogP contribution in [0.1, 0.15) is 16.8 Å². The number of hydrogen-bond donors (Lipinski definition) is 0. The lowest BCUT2D eigenvalue weighted by Crippen LogP contribution is -2.33. The van der Waals surface area contributed by atoms with Crippen molar-refractivity contribution >= 4 is 5.65 Å². The van der Waals surface area contributed by atoms with Crippen LogP contribution >= 0.6 is 0 Å². The zero-order valence-corrected chi connectivity index (χ0v) is 14.0. The molecule has 24 heavy (non-hydrogen) atoms. The van der Waals surface area contributed by atoms with Gasteiger partial charge in [-0.1, -0.05) is 42.0 Å². The minimum atomic E-state index is 0.786. The van der Waals surface area contributed by atoms with Crippen LogP contribution in [0.2, 0.25) is 0 Å². The molecule has 118 valence electrons. The molecule has 0 radical (unpaired) electrons. The van der Waals surface area contributed by atoms with E-state index in [0.29, 0.717) is 0 Å². The molecule has 3 nitrogen and oxygen atoms in total. The predicted molar refractivity (Wildman–Crippen MR) is 95.8 cm³/mol. The number of fused-ring (bicyclic) bond motifs is 1. The van der Waals surface area contributed by atoms with Crippen molar-refractivity contribution in [3.63, 3.8) is 0 Å². The van der Waals surface area contributed by atoms with Crippen molar-refractivity contribution in [2.75, 3.05) is 0 Å². The van der Waals surface area contributed by atoms with E-state index in [1.165, 1.54) is 16.8 Å². The highest BCUT2D eigenvalue weighted by molar-refractivity contribution is 5.66. The monoisotopic (exact) mass is 314 g/mol. The van der Waals surface area contributed by atoms with Gasteiger partial charge in [0, 0.05) is 23.9 Å². The maximum atomic E-state index is 4.90. The molecule has 0 aliphatic rings. The van der Waals surface area contributed by atoms with Crippen LogP contribution < -0.4 is 4.57 Å². The highest BCUT2D eigenvalue weighted by Crippen LogP contribution is 2.25. The number of rotatable bonds is 3. The summed E-state index contributed by atoms with van der Waals surface area (Å²) >= 11 is 0. The highest BCUT2D eigenvalue weighted by Gasteiger charge is 2.17. The minimum Gasteiger partial charge on any atom is -0.297 e. The van der Waals surface area contributed by atoms with Crippen LogP contribution in [0.5, 0.6) is 0 Å². The van der Waals surface area contributed by atoms with E-state index < -0.39 is 0 Å². The molecule has 3 heterocycles. The average Bonchev–Trinajstić information content (AvgIpc) is 2.94. The predicted octanol–water partition coefficient (Wildman–Crippen LogP) is 3.95. The number of aromatic nitrogens is 3. The fraction of sp³-hybridized carbons (Fsp3) is 0.143. The van der Waals surface area contributed by atoms with E-state index in [1.807, 2.05) is 6.07 Å². The van der Waals surface area contributed by atoms with Gasteiger partial charge in [-0.15, -0.1) is 0 Å². The molecule has 0 amide bonds. The van der Waals surface area contributed by atoms with Gasteiger partial charge in [0.05, 0.1) is 5.69 Å². The Hall–Kier alpha value is -2.94. The van der Waals surface area contributed by atoms with E-state index in [4.69, 9.17) is 4.98 Å². The fourth-order valence-corrected chi connectivity index (χ4v) is 3.01. The molecule has 3 aromatic heterocycles. The van der Waals surface area contributed by atoms with Gasteiger partial charge in [-0.25, -0.2) is 4.98 Å². The Morgan fingerprint density at radius 3 is 2.33 bits per heavy atom. The topological polar surface area (TPSA) is 21.2 Å². The second-order valence-corrected chi connectivity index (χ2v) is 6.26. The molecule has 0 bridgehead atoms. The molecule has 0 atom stereocenters. The van der Waals surface area contributed by atoms with E-state index in [2.05, 4.69) is 89.9 Å². The molecule has 0 aliphatic heterocycles. The van der Waals surface area contributed by atoms with Gasteiger partial charge in [-0.3, -0.25) is 4.40 Å². The number of aryl methyl sites for hydroxylation is 2. The van der Waals surface area contributed by atoms with Crippen LogP contribution in [0.4, 0.5) is 0 Å². The van der Waals surface area contributed by atoms with Gasteiger partial charge in [0.2, 0.25) is 0 Å². The molecule has 0 unspecified atom stereocenters. The zero-order chi connectivity index (χ0) is 16.5. The summed E-state index contributed by atoms with van der Waals surface area (Å²) in [6.07, 6.45) is 6.35. The van der Waals surface area contributed by atoms with Gasteiger partial charge in [-0.05, 0) is 25.5 Å². The van der Waals surface area contributed by atoms with Crippen LogP contribution in [0.25, 0.3) is 16.9 Å². The molecule has 4 rings (SSSR count). The van der Waals surface area contributed by atoms with Crippen LogP contribution in [-0.4, -0.2) is 9.38 Å². The summed E-state index contributed by atoms with van der Waals surface area (Å²) in [6.45, 7) is 5.01. The average molecular weight is 314 g/mol. The van der Waals surface area contributed by atoms with Crippen molar-refractivity contribution < 1.29 is 4.57 Å². The number of hydrogen-bond acceptors (Lipinski definition) is 1. The third-order valence-corrected chi connectivity index (χ3v) is 4.30. The molecule has 0 saturated heterocycles. The Morgan fingerprint density at radius 1 is 0.875 bits per heavy atom. The normalized spacial score (nSPS) is 11.1. The number of nitrogens with zero attached hydrogens (tertiary/aromatic N) is 3. The van der Waals surface area contributed by atoms with E-state index in [1.54, 1.807) is 0 Å². The molecule has 4 aromatic rings. The fourth-order valence-electron chi connectivity index (χ4n) is 3.01. The number of benzene rings is 1. The zero-order valence-electron chi connectivity index (χ0n) is 14.0. The Bertz CT molecular complexity index is 983. The first kappa shape index (κ1) is 14.6. The Kier molecular flexibility index (Phi) is 3.62. The van der Waals surface area contributed by atoms with E-state index in [0.717, 1.165) is 23.4 Å². The van der Waals surface area contributed by atoms with E-state index in [9.17, 15) is 0 Å². The smallest absolute Gasteiger partial charge is 0.191 e. The Labute approximate surface area is 141 Å². The van der Waals surface area contributed by atoms with Crippen molar-refractivity contribution in [3.8, 4) is 11.3 Å². The maximum Gasteiger partial charge on any atom is 0.191 e. The largest absolute Gasteiger partial charge is 0.297 e. The molecule has 3 heteroatoms. The van der Waals surface area contributed by atoms with Crippen molar-refractivity contribution in [1.29, 1.82) is 0 Å². The third-order valence-electron chi connectivity index (χ3n) is 4.30. The van der Waals surface area contributed by atoms with Gasteiger partial charge in [0.1, 0.15) is 11.3 Å². The van der Waals surface area contributed by atoms with Gasteiger partial charge in [0.15, 0.2) is 18.9 Å². The number of imidazole rings is 1. The molecule has 0 aliphatic carbocycles. The highest BCUT2D eigenvalue weighted by atomic mass is 15.1. The first-order valence-corrected chi connectivity index (χ1v) is 8.19. The van der Waals surface area contributed by atoms with E-state index >= 15 is 0 Å². The van der Waals surface area contributed by atoms with Gasteiger partial charge >= 0.3 is 0 Å². The molecule has 0 N–H and O–H groups in total.